The lowest BCUT2D eigenvalue weighted by atomic mass is 10.1. The van der Waals surface area contributed by atoms with Gasteiger partial charge in [-0.2, -0.15) is 4.80 Å². The second-order valence-corrected chi connectivity index (χ2v) is 7.27. The highest BCUT2D eigenvalue weighted by Crippen LogP contribution is 2.14. The minimum absolute atomic E-state index is 0.0296. The van der Waals surface area contributed by atoms with Crippen LogP contribution < -0.4 is 10.6 Å². The quantitative estimate of drug-likeness (QED) is 0.586. The Morgan fingerprint density at radius 1 is 1.07 bits per heavy atom. The molecule has 0 saturated heterocycles. The van der Waals surface area contributed by atoms with Gasteiger partial charge < -0.3 is 15.5 Å². The first kappa shape index (κ1) is 21.1. The minimum Gasteiger partial charge on any atom is -0.350 e. The van der Waals surface area contributed by atoms with Crippen molar-refractivity contribution < 1.29 is 9.59 Å². The standard InChI is InChI=1S/C21H25N7O2/c1-15-7-9-17(10-8-15)21-24-26-28(25-21)14-19(29)22-12-16-5-4-6-18(11-16)23-20(30)13-27(2)3/h4-11H,12-14H2,1-3H3,(H,22,29)(H,23,30). The molecule has 0 spiro atoms. The lowest BCUT2D eigenvalue weighted by Crippen LogP contribution is -2.28. The fourth-order valence-electron chi connectivity index (χ4n) is 2.76. The van der Waals surface area contributed by atoms with Gasteiger partial charge in [-0.25, -0.2) is 0 Å². The molecule has 0 unspecified atom stereocenters. The lowest BCUT2D eigenvalue weighted by molar-refractivity contribution is -0.122. The minimum atomic E-state index is -0.232. The number of likely N-dealkylation sites (N-methyl/N-ethyl adjacent to an activating group) is 1. The Labute approximate surface area is 175 Å². The molecule has 0 aliphatic carbocycles. The molecule has 0 aliphatic heterocycles. The molecule has 1 aromatic heterocycles. The van der Waals surface area contributed by atoms with Gasteiger partial charge in [0.25, 0.3) is 0 Å². The summed E-state index contributed by atoms with van der Waals surface area (Å²) in [5.74, 6) is 0.150. The van der Waals surface area contributed by atoms with Crippen molar-refractivity contribution >= 4 is 17.5 Å². The Bertz CT molecular complexity index is 1010. The zero-order valence-corrected chi connectivity index (χ0v) is 17.3. The number of rotatable bonds is 8. The Hall–Kier alpha value is -3.59. The summed E-state index contributed by atoms with van der Waals surface area (Å²) in [6.07, 6.45) is 0. The molecule has 9 nitrogen and oxygen atoms in total. The van der Waals surface area contributed by atoms with Crippen molar-refractivity contribution in [1.29, 1.82) is 0 Å². The molecule has 2 aromatic carbocycles. The van der Waals surface area contributed by atoms with E-state index in [1.165, 1.54) is 4.80 Å². The third-order valence-corrected chi connectivity index (χ3v) is 4.21. The summed E-state index contributed by atoms with van der Waals surface area (Å²) in [7, 11) is 3.67. The predicted molar refractivity (Wildman–Crippen MR) is 113 cm³/mol. The summed E-state index contributed by atoms with van der Waals surface area (Å²) in [6, 6.07) is 15.1. The first-order valence-electron chi connectivity index (χ1n) is 9.54. The van der Waals surface area contributed by atoms with E-state index in [0.29, 0.717) is 24.6 Å². The summed E-state index contributed by atoms with van der Waals surface area (Å²) >= 11 is 0. The second-order valence-electron chi connectivity index (χ2n) is 7.27. The zero-order chi connectivity index (χ0) is 21.5. The van der Waals surface area contributed by atoms with Crippen LogP contribution in [0.3, 0.4) is 0 Å². The van der Waals surface area contributed by atoms with Gasteiger partial charge in [-0.15, -0.1) is 10.2 Å². The highest BCUT2D eigenvalue weighted by atomic mass is 16.2. The van der Waals surface area contributed by atoms with Crippen LogP contribution in [0.25, 0.3) is 11.4 Å². The fourth-order valence-corrected chi connectivity index (χ4v) is 2.76. The van der Waals surface area contributed by atoms with Crippen LogP contribution in [0.15, 0.2) is 48.5 Å². The number of nitrogens with zero attached hydrogens (tertiary/aromatic N) is 5. The Morgan fingerprint density at radius 2 is 1.83 bits per heavy atom. The summed E-state index contributed by atoms with van der Waals surface area (Å²) in [5.41, 5.74) is 3.56. The van der Waals surface area contributed by atoms with Crippen LogP contribution in [0.4, 0.5) is 5.69 Å². The SMILES string of the molecule is Cc1ccc(-c2nnn(CC(=O)NCc3cccc(NC(=O)CN(C)C)c3)n2)cc1. The largest absolute Gasteiger partial charge is 0.350 e. The third kappa shape index (κ3) is 6.21. The predicted octanol–water partition coefficient (Wildman–Crippen LogP) is 1.47. The van der Waals surface area contributed by atoms with E-state index in [1.807, 2.05) is 69.6 Å². The number of nitrogens with one attached hydrogen (secondary N) is 2. The summed E-state index contributed by atoms with van der Waals surface area (Å²) < 4.78 is 0. The van der Waals surface area contributed by atoms with Gasteiger partial charge in [-0.05, 0) is 43.9 Å². The van der Waals surface area contributed by atoms with Gasteiger partial charge in [0, 0.05) is 17.8 Å². The van der Waals surface area contributed by atoms with Crippen LogP contribution in [-0.4, -0.2) is 57.6 Å². The Kier molecular flexibility index (Phi) is 6.87. The van der Waals surface area contributed by atoms with Crippen LogP contribution >= 0.6 is 0 Å². The van der Waals surface area contributed by atoms with E-state index in [1.54, 1.807) is 4.90 Å². The molecule has 0 radical (unpaired) electrons. The second kappa shape index (κ2) is 9.75. The summed E-state index contributed by atoms with van der Waals surface area (Å²) in [5, 5.41) is 17.9. The first-order valence-corrected chi connectivity index (χ1v) is 9.54. The number of tetrazole rings is 1. The normalized spacial score (nSPS) is 10.8. The number of hydrogen-bond acceptors (Lipinski definition) is 6. The third-order valence-electron chi connectivity index (χ3n) is 4.21. The number of carbonyl (C=O) groups excluding carboxylic acids is 2. The number of hydrogen-bond donors (Lipinski definition) is 2. The van der Waals surface area contributed by atoms with Crippen LogP contribution in [-0.2, 0) is 22.7 Å². The monoisotopic (exact) mass is 407 g/mol. The topological polar surface area (TPSA) is 105 Å². The first-order chi connectivity index (χ1) is 14.4. The van der Waals surface area contributed by atoms with Gasteiger partial charge in [-0.1, -0.05) is 42.0 Å². The van der Waals surface area contributed by atoms with E-state index in [9.17, 15) is 9.59 Å². The average Bonchev–Trinajstić information content (AvgIpc) is 3.15. The zero-order valence-electron chi connectivity index (χ0n) is 17.3. The van der Waals surface area contributed by atoms with E-state index in [4.69, 9.17) is 0 Å². The van der Waals surface area contributed by atoms with Gasteiger partial charge in [-0.3, -0.25) is 9.59 Å². The van der Waals surface area contributed by atoms with Crippen molar-refractivity contribution in [3.05, 3.63) is 59.7 Å². The van der Waals surface area contributed by atoms with Crippen molar-refractivity contribution in [3.8, 4) is 11.4 Å². The molecule has 156 valence electrons. The van der Waals surface area contributed by atoms with E-state index >= 15 is 0 Å². The van der Waals surface area contributed by atoms with Gasteiger partial charge in [0.2, 0.25) is 17.6 Å². The maximum absolute atomic E-state index is 12.2. The maximum atomic E-state index is 12.2. The molecule has 9 heteroatoms. The molecule has 2 N–H and O–H groups in total. The molecule has 0 bridgehead atoms. The van der Waals surface area contributed by atoms with Crippen LogP contribution in [0.2, 0.25) is 0 Å². The number of benzene rings is 2. The van der Waals surface area contributed by atoms with Gasteiger partial charge in [0.15, 0.2) is 0 Å². The molecule has 0 atom stereocenters. The molecule has 30 heavy (non-hydrogen) atoms. The molecule has 1 heterocycles. The van der Waals surface area contributed by atoms with Crippen molar-refractivity contribution in [2.45, 2.75) is 20.0 Å². The van der Waals surface area contributed by atoms with E-state index in [2.05, 4.69) is 26.0 Å². The van der Waals surface area contributed by atoms with Crippen molar-refractivity contribution in [1.82, 2.24) is 30.4 Å². The number of anilines is 1. The van der Waals surface area contributed by atoms with Crippen molar-refractivity contribution in [2.75, 3.05) is 26.0 Å². The van der Waals surface area contributed by atoms with Crippen molar-refractivity contribution in [2.24, 2.45) is 0 Å². The molecule has 0 aliphatic rings. The molecule has 0 fully saturated rings. The Morgan fingerprint density at radius 3 is 2.57 bits per heavy atom. The number of aromatic nitrogens is 4. The van der Waals surface area contributed by atoms with Crippen LogP contribution in [0.1, 0.15) is 11.1 Å². The van der Waals surface area contributed by atoms with Gasteiger partial charge in [0.1, 0.15) is 6.54 Å². The van der Waals surface area contributed by atoms with Gasteiger partial charge >= 0.3 is 0 Å². The van der Waals surface area contributed by atoms with E-state index in [0.717, 1.165) is 16.7 Å². The highest BCUT2D eigenvalue weighted by molar-refractivity contribution is 5.92. The molecular weight excluding hydrogens is 382 g/mol. The van der Waals surface area contributed by atoms with E-state index in [-0.39, 0.29) is 18.4 Å². The Balaban J connectivity index is 1.52. The van der Waals surface area contributed by atoms with Crippen molar-refractivity contribution in [3.63, 3.8) is 0 Å². The molecule has 0 saturated carbocycles. The maximum Gasteiger partial charge on any atom is 0.243 e. The number of carbonyl (C=O) groups is 2. The number of aryl methyl sites for hydroxylation is 1. The van der Waals surface area contributed by atoms with Gasteiger partial charge in [0.05, 0.1) is 6.54 Å². The highest BCUT2D eigenvalue weighted by Gasteiger charge is 2.10. The fraction of sp³-hybridized carbons (Fsp3) is 0.286. The number of amides is 2. The molecule has 3 aromatic rings. The molecule has 3 rings (SSSR count). The summed E-state index contributed by atoms with van der Waals surface area (Å²) in [6.45, 7) is 2.61. The van der Waals surface area contributed by atoms with Crippen LogP contribution in [0, 0.1) is 6.92 Å². The smallest absolute Gasteiger partial charge is 0.243 e. The molecular formula is C21H25N7O2. The molecule has 2 amide bonds. The summed E-state index contributed by atoms with van der Waals surface area (Å²) in [4.78, 5) is 27.2. The average molecular weight is 407 g/mol. The lowest BCUT2D eigenvalue weighted by Gasteiger charge is -2.11. The van der Waals surface area contributed by atoms with Crippen LogP contribution in [0.5, 0.6) is 0 Å². The van der Waals surface area contributed by atoms with E-state index < -0.39 is 0 Å².